The Kier molecular flexibility index (Phi) is 6.20. The van der Waals surface area contributed by atoms with E-state index in [0.29, 0.717) is 23.8 Å². The molecule has 0 spiro atoms. The molecule has 2 rings (SSSR count). The van der Waals surface area contributed by atoms with Gasteiger partial charge in [-0.15, -0.1) is 0 Å². The summed E-state index contributed by atoms with van der Waals surface area (Å²) in [6, 6.07) is 11.0. The number of nitriles is 1. The van der Waals surface area contributed by atoms with Crippen LogP contribution in [-0.2, 0) is 9.84 Å². The Bertz CT molecular complexity index is 635. The van der Waals surface area contributed by atoms with E-state index in [9.17, 15) is 13.7 Å². The standard InChI is InChI=1S/C18H26N2O2S/c1-15(2)10-11-18(20-12-6-7-16(13-19)14-20)23(21,22)17-8-4-3-5-9-17/h3-5,8-9,15-16,18H,6-7,10-12,14H2,1-2H3. The highest BCUT2D eigenvalue weighted by Crippen LogP contribution is 2.28. The van der Waals surface area contributed by atoms with Crippen molar-refractivity contribution in [1.29, 1.82) is 5.26 Å². The predicted octanol–water partition coefficient (Wildman–Crippen LogP) is 3.46. The number of sulfone groups is 1. The lowest BCUT2D eigenvalue weighted by atomic mass is 9.99. The van der Waals surface area contributed by atoms with E-state index in [4.69, 9.17) is 0 Å². The first kappa shape index (κ1) is 18.0. The van der Waals surface area contributed by atoms with Crippen LogP contribution in [0.1, 0.15) is 39.5 Å². The number of benzene rings is 1. The zero-order valence-electron chi connectivity index (χ0n) is 14.0. The zero-order valence-corrected chi connectivity index (χ0v) is 14.8. The minimum Gasteiger partial charge on any atom is -0.286 e. The van der Waals surface area contributed by atoms with E-state index >= 15 is 0 Å². The van der Waals surface area contributed by atoms with E-state index in [0.717, 1.165) is 25.8 Å². The molecule has 0 radical (unpaired) electrons. The summed E-state index contributed by atoms with van der Waals surface area (Å²) < 4.78 is 26.2. The van der Waals surface area contributed by atoms with Gasteiger partial charge in [0.25, 0.3) is 0 Å². The average Bonchev–Trinajstić information content (AvgIpc) is 2.55. The molecular weight excluding hydrogens is 308 g/mol. The first-order valence-electron chi connectivity index (χ1n) is 8.37. The van der Waals surface area contributed by atoms with Crippen LogP contribution in [0.3, 0.4) is 0 Å². The molecule has 0 saturated carbocycles. The smallest absolute Gasteiger partial charge is 0.194 e. The SMILES string of the molecule is CC(C)CCC(N1CCCC(C#N)C1)S(=O)(=O)c1ccccc1. The minimum absolute atomic E-state index is 0.0590. The van der Waals surface area contributed by atoms with Gasteiger partial charge in [0.05, 0.1) is 16.9 Å². The van der Waals surface area contributed by atoms with Gasteiger partial charge in [-0.25, -0.2) is 8.42 Å². The van der Waals surface area contributed by atoms with Crippen molar-refractivity contribution >= 4 is 9.84 Å². The largest absolute Gasteiger partial charge is 0.286 e. The molecule has 0 aromatic heterocycles. The summed E-state index contributed by atoms with van der Waals surface area (Å²) in [7, 11) is -3.41. The summed E-state index contributed by atoms with van der Waals surface area (Å²) in [6.07, 6.45) is 3.24. The fraction of sp³-hybridized carbons (Fsp3) is 0.611. The van der Waals surface area contributed by atoms with Gasteiger partial charge in [-0.2, -0.15) is 5.26 Å². The third-order valence-electron chi connectivity index (χ3n) is 4.46. The molecule has 23 heavy (non-hydrogen) atoms. The normalized spacial score (nSPS) is 21.0. The number of piperidine rings is 1. The van der Waals surface area contributed by atoms with Gasteiger partial charge >= 0.3 is 0 Å². The van der Waals surface area contributed by atoms with Gasteiger partial charge in [0, 0.05) is 6.54 Å². The van der Waals surface area contributed by atoms with Crippen LogP contribution in [0.25, 0.3) is 0 Å². The van der Waals surface area contributed by atoms with Crippen LogP contribution in [-0.4, -0.2) is 31.8 Å². The maximum atomic E-state index is 13.1. The maximum absolute atomic E-state index is 13.1. The molecule has 0 amide bonds. The van der Waals surface area contributed by atoms with Gasteiger partial charge in [0.15, 0.2) is 9.84 Å². The Morgan fingerprint density at radius 2 is 1.96 bits per heavy atom. The highest BCUT2D eigenvalue weighted by atomic mass is 32.2. The monoisotopic (exact) mass is 334 g/mol. The van der Waals surface area contributed by atoms with Crippen LogP contribution in [0, 0.1) is 23.2 Å². The van der Waals surface area contributed by atoms with Crippen molar-refractivity contribution in [2.24, 2.45) is 11.8 Å². The molecule has 1 saturated heterocycles. The molecular formula is C18H26N2O2S. The molecule has 0 bridgehead atoms. The van der Waals surface area contributed by atoms with Crippen LogP contribution in [0.5, 0.6) is 0 Å². The first-order valence-corrected chi connectivity index (χ1v) is 9.92. The molecule has 1 aromatic rings. The number of nitrogens with zero attached hydrogens (tertiary/aromatic N) is 2. The van der Waals surface area contributed by atoms with Crippen LogP contribution in [0.15, 0.2) is 35.2 Å². The molecule has 5 heteroatoms. The van der Waals surface area contributed by atoms with Crippen molar-refractivity contribution in [2.75, 3.05) is 13.1 Å². The van der Waals surface area contributed by atoms with Crippen LogP contribution in [0.2, 0.25) is 0 Å². The summed E-state index contributed by atoms with van der Waals surface area (Å²) in [5.41, 5.74) is 0. The summed E-state index contributed by atoms with van der Waals surface area (Å²) >= 11 is 0. The average molecular weight is 334 g/mol. The van der Waals surface area contributed by atoms with E-state index < -0.39 is 15.2 Å². The summed E-state index contributed by atoms with van der Waals surface area (Å²) in [5, 5.41) is 8.68. The third-order valence-corrected chi connectivity index (χ3v) is 6.64. The lowest BCUT2D eigenvalue weighted by molar-refractivity contribution is 0.170. The van der Waals surface area contributed by atoms with Crippen molar-refractivity contribution < 1.29 is 8.42 Å². The van der Waals surface area contributed by atoms with E-state index in [1.165, 1.54) is 0 Å². The van der Waals surface area contributed by atoms with Crippen molar-refractivity contribution in [1.82, 2.24) is 4.90 Å². The third kappa shape index (κ3) is 4.55. The molecule has 4 nitrogen and oxygen atoms in total. The van der Waals surface area contributed by atoms with E-state index in [1.54, 1.807) is 24.3 Å². The van der Waals surface area contributed by atoms with E-state index in [-0.39, 0.29) is 5.92 Å². The lowest BCUT2D eigenvalue weighted by Gasteiger charge is -2.36. The quantitative estimate of drug-likeness (QED) is 0.799. The van der Waals surface area contributed by atoms with Gasteiger partial charge in [-0.1, -0.05) is 32.0 Å². The van der Waals surface area contributed by atoms with Gasteiger partial charge in [0.1, 0.15) is 5.37 Å². The molecule has 0 N–H and O–H groups in total. The number of likely N-dealkylation sites (tertiary alicyclic amines) is 1. The molecule has 126 valence electrons. The van der Waals surface area contributed by atoms with Gasteiger partial charge in [-0.05, 0) is 50.3 Å². The second kappa shape index (κ2) is 7.94. The van der Waals surface area contributed by atoms with Crippen LogP contribution in [0.4, 0.5) is 0 Å². The van der Waals surface area contributed by atoms with E-state index in [1.807, 2.05) is 11.0 Å². The summed E-state index contributed by atoms with van der Waals surface area (Å²) in [5.74, 6) is 0.399. The van der Waals surface area contributed by atoms with Crippen molar-refractivity contribution in [3.05, 3.63) is 30.3 Å². The summed E-state index contributed by atoms with van der Waals surface area (Å²) in [6.45, 7) is 5.54. The maximum Gasteiger partial charge on any atom is 0.194 e. The van der Waals surface area contributed by atoms with Crippen molar-refractivity contribution in [3.8, 4) is 6.07 Å². The zero-order chi connectivity index (χ0) is 16.9. The molecule has 1 aliphatic rings. The van der Waals surface area contributed by atoms with Gasteiger partial charge in [0.2, 0.25) is 0 Å². The Morgan fingerprint density at radius 3 is 2.57 bits per heavy atom. The molecule has 1 aliphatic heterocycles. The van der Waals surface area contributed by atoms with Gasteiger partial charge in [-0.3, -0.25) is 4.90 Å². The molecule has 1 fully saturated rings. The van der Waals surface area contributed by atoms with E-state index in [2.05, 4.69) is 19.9 Å². The summed E-state index contributed by atoms with van der Waals surface area (Å²) in [4.78, 5) is 2.40. The molecule has 1 heterocycles. The predicted molar refractivity (Wildman–Crippen MR) is 91.4 cm³/mol. The fourth-order valence-corrected chi connectivity index (χ4v) is 5.03. The highest BCUT2D eigenvalue weighted by molar-refractivity contribution is 7.92. The minimum atomic E-state index is -3.41. The highest BCUT2D eigenvalue weighted by Gasteiger charge is 2.35. The number of hydrogen-bond donors (Lipinski definition) is 0. The van der Waals surface area contributed by atoms with Crippen LogP contribution < -0.4 is 0 Å². The first-order chi connectivity index (χ1) is 10.9. The second-order valence-electron chi connectivity index (χ2n) is 6.75. The lowest BCUT2D eigenvalue weighted by Crippen LogP contribution is -2.46. The number of hydrogen-bond acceptors (Lipinski definition) is 4. The molecule has 2 atom stereocenters. The molecule has 0 aliphatic carbocycles. The fourth-order valence-electron chi connectivity index (χ4n) is 3.15. The van der Waals surface area contributed by atoms with Gasteiger partial charge < -0.3 is 0 Å². The van der Waals surface area contributed by atoms with Crippen LogP contribution >= 0.6 is 0 Å². The second-order valence-corrected chi connectivity index (χ2v) is 8.85. The molecule has 2 unspecified atom stereocenters. The Morgan fingerprint density at radius 1 is 1.26 bits per heavy atom. The molecule has 1 aromatic carbocycles. The topological polar surface area (TPSA) is 61.2 Å². The van der Waals surface area contributed by atoms with Crippen molar-refractivity contribution in [2.45, 2.75) is 49.8 Å². The number of rotatable bonds is 6. The Balaban J connectivity index is 2.28. The van der Waals surface area contributed by atoms with Crippen molar-refractivity contribution in [3.63, 3.8) is 0 Å². The Labute approximate surface area is 140 Å². The Hall–Kier alpha value is -1.38.